The molecule has 270 valence electrons. The van der Waals surface area contributed by atoms with E-state index in [1.165, 1.54) is 17.4 Å². The summed E-state index contributed by atoms with van der Waals surface area (Å²) in [6.07, 6.45) is 2.50. The van der Waals surface area contributed by atoms with Gasteiger partial charge < -0.3 is 20.3 Å². The number of hydrogen-bond acceptors (Lipinski definition) is 8. The molecule has 5 aromatic rings. The van der Waals surface area contributed by atoms with Crippen molar-refractivity contribution in [1.29, 1.82) is 0 Å². The van der Waals surface area contributed by atoms with Crippen LogP contribution in [-0.4, -0.2) is 68.4 Å². The SMILES string of the molecule is CC(C)Oc1ccc(-c2ccc(-c3cnc(-c4ccc(C[C@H](NC(=O)c5ccc(C(C)(C)C)s5)C(O)N5CC(C(=O)O)C5)cc4)nc3)c(F)c2)cc1. The van der Waals surface area contributed by atoms with E-state index in [1.54, 1.807) is 29.4 Å². The van der Waals surface area contributed by atoms with Gasteiger partial charge in [0.15, 0.2) is 5.82 Å². The van der Waals surface area contributed by atoms with E-state index in [1.807, 2.05) is 74.5 Å². The van der Waals surface area contributed by atoms with Crippen molar-refractivity contribution in [2.75, 3.05) is 13.1 Å². The van der Waals surface area contributed by atoms with Gasteiger partial charge in [0.2, 0.25) is 0 Å². The molecule has 11 heteroatoms. The minimum absolute atomic E-state index is 0.0708. The van der Waals surface area contributed by atoms with Gasteiger partial charge in [-0.05, 0) is 72.7 Å². The van der Waals surface area contributed by atoms with E-state index in [9.17, 15) is 19.8 Å². The number of likely N-dealkylation sites (tertiary alicyclic amines) is 1. The van der Waals surface area contributed by atoms with Crippen molar-refractivity contribution in [3.63, 3.8) is 0 Å². The summed E-state index contributed by atoms with van der Waals surface area (Å²) >= 11 is 1.42. The lowest BCUT2D eigenvalue weighted by molar-refractivity contribution is -0.155. The van der Waals surface area contributed by atoms with Crippen LogP contribution in [-0.2, 0) is 16.6 Å². The third-order valence-corrected chi connectivity index (χ3v) is 10.5. The first-order valence-corrected chi connectivity index (χ1v) is 18.1. The molecule has 2 atom stereocenters. The van der Waals surface area contributed by atoms with Crippen LogP contribution >= 0.6 is 11.3 Å². The van der Waals surface area contributed by atoms with Crippen LogP contribution in [0.2, 0.25) is 0 Å². The van der Waals surface area contributed by atoms with Crippen molar-refractivity contribution in [3.8, 4) is 39.4 Å². The number of carboxylic acids is 1. The van der Waals surface area contributed by atoms with E-state index < -0.39 is 24.2 Å². The van der Waals surface area contributed by atoms with E-state index in [0.29, 0.717) is 28.2 Å². The zero-order valence-corrected chi connectivity index (χ0v) is 30.7. The molecule has 0 spiro atoms. The third-order valence-electron chi connectivity index (χ3n) is 9.04. The van der Waals surface area contributed by atoms with Gasteiger partial charge >= 0.3 is 5.97 Å². The van der Waals surface area contributed by atoms with Crippen LogP contribution in [0.1, 0.15) is 54.7 Å². The van der Waals surface area contributed by atoms with Crippen molar-refractivity contribution in [3.05, 3.63) is 112 Å². The fourth-order valence-electron chi connectivity index (χ4n) is 6.06. The number of rotatable bonds is 12. The predicted molar refractivity (Wildman–Crippen MR) is 201 cm³/mol. The number of aliphatic hydroxyl groups is 1. The van der Waals surface area contributed by atoms with Crippen molar-refractivity contribution >= 4 is 23.2 Å². The number of ether oxygens (including phenoxy) is 1. The molecule has 52 heavy (non-hydrogen) atoms. The average molecular weight is 723 g/mol. The maximum Gasteiger partial charge on any atom is 0.309 e. The first-order chi connectivity index (χ1) is 24.7. The number of amides is 1. The van der Waals surface area contributed by atoms with Crippen LogP contribution in [0.3, 0.4) is 0 Å². The van der Waals surface area contributed by atoms with Gasteiger partial charge in [0.1, 0.15) is 17.8 Å². The molecule has 0 aliphatic carbocycles. The highest BCUT2D eigenvalue weighted by Crippen LogP contribution is 2.31. The number of carbonyl (C=O) groups excluding carboxylic acids is 1. The number of aliphatic hydroxyl groups excluding tert-OH is 1. The van der Waals surface area contributed by atoms with E-state index >= 15 is 4.39 Å². The van der Waals surface area contributed by atoms with Crippen LogP contribution in [0.5, 0.6) is 5.75 Å². The molecule has 3 N–H and O–H groups in total. The zero-order valence-electron chi connectivity index (χ0n) is 29.8. The fourth-order valence-corrected chi connectivity index (χ4v) is 7.03. The number of aromatic nitrogens is 2. The predicted octanol–water partition coefficient (Wildman–Crippen LogP) is 7.44. The normalized spacial score (nSPS) is 14.8. The molecular formula is C41H43FN4O5S. The van der Waals surface area contributed by atoms with Gasteiger partial charge in [-0.25, -0.2) is 14.4 Å². The highest BCUT2D eigenvalue weighted by atomic mass is 32.1. The molecule has 1 saturated heterocycles. The van der Waals surface area contributed by atoms with Crippen LogP contribution in [0, 0.1) is 11.7 Å². The molecule has 0 saturated carbocycles. The van der Waals surface area contributed by atoms with Crippen molar-refractivity contribution in [1.82, 2.24) is 20.2 Å². The molecule has 2 aromatic heterocycles. The number of carbonyl (C=O) groups is 2. The lowest BCUT2D eigenvalue weighted by Gasteiger charge is -2.42. The van der Waals surface area contributed by atoms with Crippen molar-refractivity contribution < 1.29 is 28.9 Å². The van der Waals surface area contributed by atoms with Gasteiger partial charge in [0, 0.05) is 47.1 Å². The lowest BCUT2D eigenvalue weighted by Crippen LogP contribution is -2.61. The van der Waals surface area contributed by atoms with Gasteiger partial charge in [0.05, 0.1) is 22.9 Å². The smallest absolute Gasteiger partial charge is 0.309 e. The first-order valence-electron chi connectivity index (χ1n) is 17.3. The van der Waals surface area contributed by atoms with Gasteiger partial charge in [-0.2, -0.15) is 0 Å². The Labute approximate surface area is 307 Å². The molecular weight excluding hydrogens is 680 g/mol. The fraction of sp³-hybridized carbons (Fsp3) is 0.317. The number of hydrogen-bond donors (Lipinski definition) is 3. The standard InChI is InChI=1S/C41H43FN4O5S/c1-24(2)51-31-13-10-26(11-14-31)28-12-15-32(33(42)19-28)29-20-43-37(44-21-29)27-8-6-25(7-9-27)18-34(39(48)46-22-30(23-46)40(49)50)45-38(47)35-16-17-36(52-35)41(3,4)5/h6-17,19-21,24,30,34,39,48H,18,22-23H2,1-5H3,(H,45,47)(H,49,50)/t34-,39?/m0/s1. The quantitative estimate of drug-likeness (QED) is 0.121. The Bertz CT molecular complexity index is 2020. The van der Waals surface area contributed by atoms with E-state index in [0.717, 1.165) is 32.9 Å². The number of carboxylic acid groups (broad SMARTS) is 1. The molecule has 0 radical (unpaired) electrons. The van der Waals surface area contributed by atoms with E-state index in [-0.39, 0.29) is 36.3 Å². The van der Waals surface area contributed by atoms with Crippen molar-refractivity contribution in [2.45, 2.75) is 64.8 Å². The molecule has 9 nitrogen and oxygen atoms in total. The highest BCUT2D eigenvalue weighted by Gasteiger charge is 2.39. The molecule has 6 rings (SSSR count). The highest BCUT2D eigenvalue weighted by molar-refractivity contribution is 7.14. The lowest BCUT2D eigenvalue weighted by atomic mass is 9.95. The van der Waals surface area contributed by atoms with Gasteiger partial charge in [0.25, 0.3) is 5.91 Å². The summed E-state index contributed by atoms with van der Waals surface area (Å²) in [7, 11) is 0. The second kappa shape index (κ2) is 15.3. The maximum absolute atomic E-state index is 15.3. The Hall–Kier alpha value is -4.97. The summed E-state index contributed by atoms with van der Waals surface area (Å²) in [4.78, 5) is 37.0. The topological polar surface area (TPSA) is 125 Å². The summed E-state index contributed by atoms with van der Waals surface area (Å²) in [6, 6.07) is 23.2. The second-order valence-electron chi connectivity index (χ2n) is 14.5. The Morgan fingerprint density at radius 1 is 0.923 bits per heavy atom. The number of nitrogens with zero attached hydrogens (tertiary/aromatic N) is 3. The largest absolute Gasteiger partial charge is 0.491 e. The minimum Gasteiger partial charge on any atom is -0.491 e. The monoisotopic (exact) mass is 722 g/mol. The van der Waals surface area contributed by atoms with E-state index in [4.69, 9.17) is 4.74 Å². The summed E-state index contributed by atoms with van der Waals surface area (Å²) in [5, 5.41) is 23.6. The summed E-state index contributed by atoms with van der Waals surface area (Å²) in [5.41, 5.74) is 4.07. The first kappa shape index (κ1) is 36.8. The number of nitrogens with one attached hydrogen (secondary N) is 1. The second-order valence-corrected chi connectivity index (χ2v) is 15.6. The summed E-state index contributed by atoms with van der Waals surface area (Å²) in [5.74, 6) is -0.892. The number of aliphatic carboxylic acids is 1. The molecule has 1 amide bonds. The number of halogens is 1. The van der Waals surface area contributed by atoms with Crippen LogP contribution in [0.25, 0.3) is 33.6 Å². The number of thiophene rings is 1. The molecule has 1 aliphatic rings. The van der Waals surface area contributed by atoms with E-state index in [2.05, 4.69) is 36.1 Å². The summed E-state index contributed by atoms with van der Waals surface area (Å²) in [6.45, 7) is 10.6. The van der Waals surface area contributed by atoms with Gasteiger partial charge in [-0.15, -0.1) is 11.3 Å². The Kier molecular flexibility index (Phi) is 10.9. The van der Waals surface area contributed by atoms with Gasteiger partial charge in [-0.3, -0.25) is 14.5 Å². The number of benzene rings is 3. The van der Waals surface area contributed by atoms with Crippen LogP contribution < -0.4 is 10.1 Å². The van der Waals surface area contributed by atoms with Crippen molar-refractivity contribution in [2.24, 2.45) is 5.92 Å². The molecule has 3 aromatic carbocycles. The molecule has 1 aliphatic heterocycles. The molecule has 1 fully saturated rings. The molecule has 0 bridgehead atoms. The maximum atomic E-state index is 15.3. The Morgan fingerprint density at radius 3 is 2.13 bits per heavy atom. The zero-order chi connectivity index (χ0) is 37.2. The Balaban J connectivity index is 1.14. The third kappa shape index (κ3) is 8.55. The Morgan fingerprint density at radius 2 is 1.56 bits per heavy atom. The van der Waals surface area contributed by atoms with Gasteiger partial charge in [-0.1, -0.05) is 69.3 Å². The van der Waals surface area contributed by atoms with Crippen LogP contribution in [0.4, 0.5) is 4.39 Å². The summed E-state index contributed by atoms with van der Waals surface area (Å²) < 4.78 is 21.0. The average Bonchev–Trinajstić information content (AvgIpc) is 3.60. The van der Waals surface area contributed by atoms with Crippen LogP contribution in [0.15, 0.2) is 91.3 Å². The minimum atomic E-state index is -1.07. The molecule has 3 heterocycles. The molecule has 1 unspecified atom stereocenters.